The summed E-state index contributed by atoms with van der Waals surface area (Å²) < 4.78 is 25.6. The maximum Gasteiger partial charge on any atom is 0.178 e. The lowest BCUT2D eigenvalue weighted by molar-refractivity contribution is 0.311. The van der Waals surface area contributed by atoms with Crippen molar-refractivity contribution in [1.82, 2.24) is 15.0 Å². The van der Waals surface area contributed by atoms with Gasteiger partial charge in [0, 0.05) is 34.9 Å². The van der Waals surface area contributed by atoms with Crippen molar-refractivity contribution >= 4 is 37.9 Å². The van der Waals surface area contributed by atoms with Crippen molar-refractivity contribution in [1.29, 1.82) is 5.26 Å². The molecule has 0 spiro atoms. The number of thiazole rings is 1. The Balaban J connectivity index is 1.32. The second kappa shape index (κ2) is 8.04. The highest BCUT2D eigenvalue weighted by Crippen LogP contribution is 2.39. The minimum atomic E-state index is -3.43. The molecule has 0 amide bonds. The van der Waals surface area contributed by atoms with Gasteiger partial charge in [-0.1, -0.05) is 6.07 Å². The van der Waals surface area contributed by atoms with Crippen molar-refractivity contribution in [3.8, 4) is 16.6 Å². The van der Waals surface area contributed by atoms with Crippen molar-refractivity contribution < 1.29 is 8.42 Å². The first-order valence-electron chi connectivity index (χ1n) is 10.3. The Kier molecular flexibility index (Phi) is 5.19. The number of H-pyrrole nitrogens is 1. The number of nitrogens with zero attached hydrogens (tertiary/aromatic N) is 3. The maximum absolute atomic E-state index is 12.8. The molecule has 162 valence electrons. The molecule has 1 aliphatic rings. The normalized spacial score (nSPS) is 18.2. The second-order valence-corrected chi connectivity index (χ2v) is 11.1. The molecular weight excluding hydrogens is 442 g/mol. The number of aryl methyl sites for hydroxylation is 1. The van der Waals surface area contributed by atoms with Crippen molar-refractivity contribution in [3.05, 3.63) is 59.4 Å². The third kappa shape index (κ3) is 3.87. The average Bonchev–Trinajstić information content (AvgIpc) is 3.41. The molecule has 1 fully saturated rings. The van der Waals surface area contributed by atoms with E-state index < -0.39 is 9.84 Å². The number of benzene rings is 1. The van der Waals surface area contributed by atoms with Gasteiger partial charge in [-0.3, -0.25) is 0 Å². The van der Waals surface area contributed by atoms with E-state index >= 15 is 0 Å². The minimum Gasteiger partial charge on any atom is -0.381 e. The van der Waals surface area contributed by atoms with Crippen LogP contribution in [0, 0.1) is 24.2 Å². The van der Waals surface area contributed by atoms with Crippen LogP contribution in [-0.2, 0) is 9.84 Å². The summed E-state index contributed by atoms with van der Waals surface area (Å²) >= 11 is 1.59. The highest BCUT2D eigenvalue weighted by atomic mass is 32.2. The Labute approximate surface area is 190 Å². The molecule has 3 aromatic heterocycles. The largest absolute Gasteiger partial charge is 0.381 e. The van der Waals surface area contributed by atoms with E-state index in [4.69, 9.17) is 5.26 Å². The summed E-state index contributed by atoms with van der Waals surface area (Å²) in [7, 11) is -3.43. The van der Waals surface area contributed by atoms with Crippen molar-refractivity contribution in [2.75, 3.05) is 11.1 Å². The summed E-state index contributed by atoms with van der Waals surface area (Å²) in [6, 6.07) is 10.4. The molecule has 1 aromatic carbocycles. The molecule has 9 heteroatoms. The summed E-state index contributed by atoms with van der Waals surface area (Å²) in [5.41, 5.74) is 4.08. The first-order valence-corrected chi connectivity index (χ1v) is 12.8. The standard InChI is InChI=1S/C23H21N5O2S2/c1-14-12-31-23(27-14)20-11-26-22-19(5-6-25-22)21(20)28-17-7-16(8-17)13-32(29,30)18-4-2-3-15(9-18)10-24/h2-6,9,11-12,16-17H,7-8,13H2,1H3,(H2,25,26,28). The lowest BCUT2D eigenvalue weighted by atomic mass is 9.81. The van der Waals surface area contributed by atoms with Crippen LogP contribution in [0.15, 0.2) is 53.0 Å². The Morgan fingerprint density at radius 3 is 2.91 bits per heavy atom. The van der Waals surface area contributed by atoms with Crippen LogP contribution in [0.5, 0.6) is 0 Å². The van der Waals surface area contributed by atoms with E-state index in [0.717, 1.165) is 45.8 Å². The topological polar surface area (TPSA) is 112 Å². The molecule has 1 aliphatic carbocycles. The third-order valence-electron chi connectivity index (χ3n) is 5.80. The van der Waals surface area contributed by atoms with Crippen LogP contribution in [0.2, 0.25) is 0 Å². The highest BCUT2D eigenvalue weighted by Gasteiger charge is 2.34. The van der Waals surface area contributed by atoms with E-state index in [1.54, 1.807) is 29.5 Å². The number of aromatic amines is 1. The lowest BCUT2D eigenvalue weighted by Gasteiger charge is -2.36. The van der Waals surface area contributed by atoms with Gasteiger partial charge >= 0.3 is 0 Å². The maximum atomic E-state index is 12.8. The molecule has 1 saturated carbocycles. The fourth-order valence-corrected chi connectivity index (χ4v) is 6.65. The highest BCUT2D eigenvalue weighted by molar-refractivity contribution is 7.91. The lowest BCUT2D eigenvalue weighted by Crippen LogP contribution is -2.39. The van der Waals surface area contributed by atoms with Crippen LogP contribution < -0.4 is 5.32 Å². The average molecular weight is 464 g/mol. The summed E-state index contributed by atoms with van der Waals surface area (Å²) in [5.74, 6) is 0.173. The van der Waals surface area contributed by atoms with E-state index in [0.29, 0.717) is 5.56 Å². The molecule has 0 bridgehead atoms. The Morgan fingerprint density at radius 2 is 2.16 bits per heavy atom. The van der Waals surface area contributed by atoms with E-state index in [1.807, 2.05) is 36.8 Å². The van der Waals surface area contributed by atoms with Gasteiger partial charge in [-0.25, -0.2) is 18.4 Å². The van der Waals surface area contributed by atoms with Gasteiger partial charge in [0.15, 0.2) is 9.84 Å². The number of pyridine rings is 1. The monoisotopic (exact) mass is 463 g/mol. The van der Waals surface area contributed by atoms with Gasteiger partial charge < -0.3 is 10.3 Å². The Bertz CT molecular complexity index is 1440. The molecule has 0 unspecified atom stereocenters. The van der Waals surface area contributed by atoms with Crippen LogP contribution in [0.1, 0.15) is 24.1 Å². The van der Waals surface area contributed by atoms with Gasteiger partial charge in [-0.2, -0.15) is 5.26 Å². The summed E-state index contributed by atoms with van der Waals surface area (Å²) in [4.78, 5) is 12.5. The van der Waals surface area contributed by atoms with Crippen molar-refractivity contribution in [3.63, 3.8) is 0 Å². The molecule has 32 heavy (non-hydrogen) atoms. The zero-order valence-corrected chi connectivity index (χ0v) is 19.0. The Hall–Kier alpha value is -3.22. The molecule has 0 saturated heterocycles. The van der Waals surface area contributed by atoms with Gasteiger partial charge in [-0.15, -0.1) is 11.3 Å². The second-order valence-electron chi connectivity index (χ2n) is 8.18. The molecule has 7 nitrogen and oxygen atoms in total. The molecule has 5 rings (SSSR count). The SMILES string of the molecule is Cc1csc(-c2cnc3[nH]ccc3c2NC2CC(CS(=O)(=O)c3cccc(C#N)c3)C2)n1. The molecule has 3 heterocycles. The number of hydrogen-bond donors (Lipinski definition) is 2. The van der Waals surface area contributed by atoms with Crippen molar-refractivity contribution in [2.45, 2.75) is 30.7 Å². The summed E-state index contributed by atoms with van der Waals surface area (Å²) in [6.07, 6.45) is 5.23. The van der Waals surface area contributed by atoms with Crippen LogP contribution in [-0.4, -0.2) is 35.2 Å². The van der Waals surface area contributed by atoms with E-state index in [2.05, 4.69) is 20.3 Å². The predicted octanol–water partition coefficient (Wildman–Crippen LogP) is 4.53. The molecule has 2 N–H and O–H groups in total. The first kappa shape index (κ1) is 20.7. The number of nitrogens with one attached hydrogen (secondary N) is 2. The van der Waals surface area contributed by atoms with Crippen LogP contribution >= 0.6 is 11.3 Å². The number of nitriles is 1. The number of anilines is 1. The van der Waals surface area contributed by atoms with Crippen LogP contribution in [0.4, 0.5) is 5.69 Å². The van der Waals surface area contributed by atoms with Gasteiger partial charge in [-0.05, 0) is 49.9 Å². The number of fused-ring (bicyclic) bond motifs is 1. The first-order chi connectivity index (χ1) is 15.4. The molecule has 0 aliphatic heterocycles. The fourth-order valence-electron chi connectivity index (χ4n) is 4.16. The van der Waals surface area contributed by atoms with E-state index in [9.17, 15) is 8.42 Å². The van der Waals surface area contributed by atoms with Gasteiger partial charge in [0.25, 0.3) is 0 Å². The summed E-state index contributed by atoms with van der Waals surface area (Å²) in [5, 5.41) is 16.6. The fraction of sp³-hybridized carbons (Fsp3) is 0.261. The molecular formula is C23H21N5O2S2. The van der Waals surface area contributed by atoms with Gasteiger partial charge in [0.2, 0.25) is 0 Å². The van der Waals surface area contributed by atoms with Gasteiger partial charge in [0.1, 0.15) is 10.7 Å². The van der Waals surface area contributed by atoms with Gasteiger partial charge in [0.05, 0.1) is 33.5 Å². The number of sulfone groups is 1. The predicted molar refractivity (Wildman–Crippen MR) is 125 cm³/mol. The van der Waals surface area contributed by atoms with Crippen molar-refractivity contribution in [2.24, 2.45) is 5.92 Å². The zero-order valence-electron chi connectivity index (χ0n) is 17.4. The molecule has 4 aromatic rings. The van der Waals surface area contributed by atoms with Crippen LogP contribution in [0.3, 0.4) is 0 Å². The summed E-state index contributed by atoms with van der Waals surface area (Å²) in [6.45, 7) is 1.97. The minimum absolute atomic E-state index is 0.0809. The van der Waals surface area contributed by atoms with E-state index in [-0.39, 0.29) is 22.6 Å². The molecule has 0 atom stereocenters. The smallest absolute Gasteiger partial charge is 0.178 e. The Morgan fingerprint density at radius 1 is 1.31 bits per heavy atom. The zero-order chi connectivity index (χ0) is 22.3. The van der Waals surface area contributed by atoms with E-state index in [1.165, 1.54) is 6.07 Å². The number of aromatic nitrogens is 3. The quantitative estimate of drug-likeness (QED) is 0.434. The van der Waals surface area contributed by atoms with Crippen LogP contribution in [0.25, 0.3) is 21.6 Å². The number of rotatable bonds is 6. The third-order valence-corrected chi connectivity index (χ3v) is 8.67. The number of hydrogen-bond acceptors (Lipinski definition) is 7. The molecule has 0 radical (unpaired) electrons.